The second-order valence-electron chi connectivity index (χ2n) is 6.50. The predicted octanol–water partition coefficient (Wildman–Crippen LogP) is 2.15. The maximum atomic E-state index is 11.6. The van der Waals surface area contributed by atoms with Crippen molar-refractivity contribution in [3.8, 4) is 0 Å². The summed E-state index contributed by atoms with van der Waals surface area (Å²) in [5.74, 6) is 0.914. The van der Waals surface area contributed by atoms with E-state index in [0.717, 1.165) is 32.0 Å². The van der Waals surface area contributed by atoms with Crippen LogP contribution >= 0.6 is 24.0 Å². The van der Waals surface area contributed by atoms with Gasteiger partial charge in [0.05, 0.1) is 0 Å². The third-order valence-electron chi connectivity index (χ3n) is 3.65. The van der Waals surface area contributed by atoms with Crippen LogP contribution in [0, 0.1) is 0 Å². The van der Waals surface area contributed by atoms with Crippen LogP contribution in [0.5, 0.6) is 0 Å². The van der Waals surface area contributed by atoms with Gasteiger partial charge >= 0.3 is 0 Å². The lowest BCUT2D eigenvalue weighted by Gasteiger charge is -2.30. The summed E-state index contributed by atoms with van der Waals surface area (Å²) in [4.78, 5) is 20.2. The van der Waals surface area contributed by atoms with Gasteiger partial charge in [0.15, 0.2) is 5.96 Å². The lowest BCUT2D eigenvalue weighted by molar-refractivity contribution is -0.128. The number of guanidine groups is 1. The summed E-state index contributed by atoms with van der Waals surface area (Å²) in [5.41, 5.74) is 0. The summed E-state index contributed by atoms with van der Waals surface area (Å²) in [6.45, 7) is 14.2. The molecule has 0 aliphatic rings. The molecule has 0 radical (unpaired) electrons. The summed E-state index contributed by atoms with van der Waals surface area (Å²) in [6, 6.07) is 1.12. The molecule has 0 aromatic heterocycles. The summed E-state index contributed by atoms with van der Waals surface area (Å²) in [6.07, 6.45) is 1.51. The normalized spacial score (nSPS) is 11.7. The van der Waals surface area contributed by atoms with Gasteiger partial charge in [-0.2, -0.15) is 0 Å². The molecule has 0 aliphatic carbocycles. The molecule has 0 saturated heterocycles. The van der Waals surface area contributed by atoms with Crippen LogP contribution in [-0.4, -0.2) is 74.0 Å². The topological polar surface area (TPSA) is 60.0 Å². The van der Waals surface area contributed by atoms with Crippen LogP contribution < -0.4 is 10.6 Å². The van der Waals surface area contributed by atoms with Gasteiger partial charge in [0.25, 0.3) is 0 Å². The van der Waals surface area contributed by atoms with Crippen LogP contribution in [0.25, 0.3) is 0 Å². The highest BCUT2D eigenvalue weighted by Gasteiger charge is 2.12. The zero-order valence-electron chi connectivity index (χ0n) is 16.6. The second-order valence-corrected chi connectivity index (χ2v) is 6.50. The van der Waals surface area contributed by atoms with Gasteiger partial charge in [0.1, 0.15) is 0 Å². The van der Waals surface area contributed by atoms with E-state index in [1.807, 2.05) is 6.92 Å². The van der Waals surface area contributed by atoms with Gasteiger partial charge < -0.3 is 15.5 Å². The van der Waals surface area contributed by atoms with Crippen molar-refractivity contribution in [2.75, 3.05) is 40.3 Å². The highest BCUT2D eigenvalue weighted by Crippen LogP contribution is 2.05. The minimum Gasteiger partial charge on any atom is -0.357 e. The van der Waals surface area contributed by atoms with Gasteiger partial charge in [-0.1, -0.05) is 0 Å². The van der Waals surface area contributed by atoms with E-state index in [2.05, 4.69) is 48.2 Å². The number of amides is 1. The number of carbonyl (C=O) groups excluding carboxylic acids is 1. The number of nitrogens with one attached hydrogen (secondary N) is 2. The molecule has 0 rings (SSSR count). The van der Waals surface area contributed by atoms with E-state index in [-0.39, 0.29) is 29.9 Å². The molecule has 0 aromatic carbocycles. The Morgan fingerprint density at radius 1 is 1.08 bits per heavy atom. The molecule has 0 fully saturated rings. The van der Waals surface area contributed by atoms with Crippen LogP contribution in [0.3, 0.4) is 0 Å². The molecule has 6 nitrogen and oxygen atoms in total. The van der Waals surface area contributed by atoms with Crippen LogP contribution in [0.1, 0.15) is 47.5 Å². The van der Waals surface area contributed by atoms with Crippen LogP contribution in [0.2, 0.25) is 0 Å². The minimum atomic E-state index is 0. The zero-order valence-corrected chi connectivity index (χ0v) is 18.9. The maximum absolute atomic E-state index is 11.6. The zero-order chi connectivity index (χ0) is 17.8. The molecule has 1 amide bonds. The Morgan fingerprint density at radius 2 is 1.67 bits per heavy atom. The smallest absolute Gasteiger partial charge is 0.223 e. The van der Waals surface area contributed by atoms with Crippen molar-refractivity contribution in [3.05, 3.63) is 0 Å². The summed E-state index contributed by atoms with van der Waals surface area (Å²) in [7, 11) is 3.55. The molecule has 0 saturated carbocycles. The third kappa shape index (κ3) is 11.9. The number of aliphatic imine (C=N–C) groups is 1. The lowest BCUT2D eigenvalue weighted by atomic mass is 10.2. The average Bonchev–Trinajstić information content (AvgIpc) is 2.45. The Bertz CT molecular complexity index is 351. The first-order chi connectivity index (χ1) is 10.8. The van der Waals surface area contributed by atoms with E-state index < -0.39 is 0 Å². The quantitative estimate of drug-likeness (QED) is 0.229. The number of rotatable bonds is 10. The van der Waals surface area contributed by atoms with Crippen molar-refractivity contribution in [2.45, 2.75) is 59.5 Å². The Kier molecular flexibility index (Phi) is 15.8. The first-order valence-electron chi connectivity index (χ1n) is 8.77. The van der Waals surface area contributed by atoms with Crippen molar-refractivity contribution in [3.63, 3.8) is 0 Å². The Morgan fingerprint density at radius 3 is 2.12 bits per heavy atom. The fourth-order valence-electron chi connectivity index (χ4n) is 2.41. The minimum absolute atomic E-state index is 0. The van der Waals surface area contributed by atoms with E-state index in [1.54, 1.807) is 19.0 Å². The third-order valence-corrected chi connectivity index (χ3v) is 3.65. The SMILES string of the molecule is CCNC(=NCCCN(C(C)C)C(C)C)NCCC(=O)N(C)C.I. The molecule has 0 aliphatic heterocycles. The van der Waals surface area contributed by atoms with Crippen molar-refractivity contribution in [1.82, 2.24) is 20.4 Å². The number of hydrogen-bond acceptors (Lipinski definition) is 3. The first kappa shape index (κ1) is 25.7. The van der Waals surface area contributed by atoms with Crippen molar-refractivity contribution < 1.29 is 4.79 Å². The fraction of sp³-hybridized carbons (Fsp3) is 0.882. The van der Waals surface area contributed by atoms with E-state index in [1.165, 1.54) is 0 Å². The molecule has 0 unspecified atom stereocenters. The molecule has 7 heteroatoms. The van der Waals surface area contributed by atoms with E-state index >= 15 is 0 Å². The van der Waals surface area contributed by atoms with Gasteiger partial charge in [0.2, 0.25) is 5.91 Å². The number of carbonyl (C=O) groups is 1. The molecule has 0 aromatic rings. The van der Waals surface area contributed by atoms with Gasteiger partial charge in [-0.15, -0.1) is 24.0 Å². The summed E-state index contributed by atoms with van der Waals surface area (Å²) < 4.78 is 0. The highest BCUT2D eigenvalue weighted by atomic mass is 127. The maximum Gasteiger partial charge on any atom is 0.223 e. The van der Waals surface area contributed by atoms with E-state index in [4.69, 9.17) is 0 Å². The van der Waals surface area contributed by atoms with Gasteiger partial charge in [0, 0.05) is 58.8 Å². The Labute approximate surface area is 165 Å². The summed E-state index contributed by atoms with van der Waals surface area (Å²) in [5, 5.41) is 6.44. The van der Waals surface area contributed by atoms with E-state index in [9.17, 15) is 4.79 Å². The van der Waals surface area contributed by atoms with Gasteiger partial charge in [-0.3, -0.25) is 14.7 Å². The van der Waals surface area contributed by atoms with Crippen LogP contribution in [-0.2, 0) is 4.79 Å². The Balaban J connectivity index is 0. The number of nitrogens with zero attached hydrogens (tertiary/aromatic N) is 3. The second kappa shape index (κ2) is 14.7. The highest BCUT2D eigenvalue weighted by molar-refractivity contribution is 14.0. The lowest BCUT2D eigenvalue weighted by Crippen LogP contribution is -2.40. The largest absolute Gasteiger partial charge is 0.357 e. The van der Waals surface area contributed by atoms with Crippen LogP contribution in [0.4, 0.5) is 0 Å². The monoisotopic (exact) mass is 455 g/mol. The van der Waals surface area contributed by atoms with E-state index in [0.29, 0.717) is 25.0 Å². The molecule has 0 atom stereocenters. The molecule has 0 bridgehead atoms. The van der Waals surface area contributed by atoms with Crippen molar-refractivity contribution >= 4 is 35.8 Å². The average molecular weight is 455 g/mol. The molecule has 2 N–H and O–H groups in total. The fourth-order valence-corrected chi connectivity index (χ4v) is 2.41. The number of halogens is 1. The molecule has 0 heterocycles. The molecular formula is C17H38IN5O. The molecule has 144 valence electrons. The molecular weight excluding hydrogens is 417 g/mol. The van der Waals surface area contributed by atoms with Crippen molar-refractivity contribution in [2.24, 2.45) is 4.99 Å². The number of hydrogen-bond donors (Lipinski definition) is 2. The summed E-state index contributed by atoms with van der Waals surface area (Å²) >= 11 is 0. The predicted molar refractivity (Wildman–Crippen MR) is 114 cm³/mol. The van der Waals surface area contributed by atoms with Gasteiger partial charge in [-0.25, -0.2) is 0 Å². The molecule has 24 heavy (non-hydrogen) atoms. The van der Waals surface area contributed by atoms with Crippen LogP contribution in [0.15, 0.2) is 4.99 Å². The van der Waals surface area contributed by atoms with Gasteiger partial charge in [-0.05, 0) is 41.0 Å². The first-order valence-corrected chi connectivity index (χ1v) is 8.77. The Hall–Kier alpha value is -0.570. The molecule has 0 spiro atoms. The standard InChI is InChI=1S/C17H37N5O.HI/c1-8-18-17(20-12-10-16(23)21(6)7)19-11-9-13-22(14(2)3)15(4)5;/h14-15H,8-13H2,1-7H3,(H2,18,19,20);1H. The van der Waals surface area contributed by atoms with Crippen molar-refractivity contribution in [1.29, 1.82) is 0 Å².